The summed E-state index contributed by atoms with van der Waals surface area (Å²) in [5, 5.41) is 6.14. The third kappa shape index (κ3) is 1.22. The van der Waals surface area contributed by atoms with Crippen LogP contribution < -0.4 is 5.73 Å². The fourth-order valence-corrected chi connectivity index (χ4v) is 0.360. The van der Waals surface area contributed by atoms with Gasteiger partial charge in [-0.1, -0.05) is 7.43 Å². The van der Waals surface area contributed by atoms with Crippen LogP contribution in [0, 0.1) is 6.92 Å². The maximum Gasteiger partial charge on any atom is 0.239 e. The smallest absolute Gasteiger partial charge is 0.239 e. The van der Waals surface area contributed by atoms with Crippen molar-refractivity contribution in [2.24, 2.45) is 0 Å². The zero-order valence-electron chi connectivity index (χ0n) is 3.97. The van der Waals surface area contributed by atoms with Crippen LogP contribution in [-0.4, -0.2) is 15.2 Å². The standard InChI is InChI=1S/C3H6N4.CH4/c1-2-5-3(4)7-6-2;/h1H3,(H3,4,5,6,7);1H4. The van der Waals surface area contributed by atoms with E-state index < -0.39 is 0 Å². The Morgan fingerprint density at radius 3 is 2.38 bits per heavy atom. The Labute approximate surface area is 48.1 Å². The number of nitrogens with one attached hydrogen (secondary N) is 1. The Morgan fingerprint density at radius 2 is 2.25 bits per heavy atom. The van der Waals surface area contributed by atoms with Crippen LogP contribution in [0.25, 0.3) is 0 Å². The molecule has 1 heterocycles. The number of nitrogens with two attached hydrogens (primary N) is 1. The largest absolute Gasteiger partial charge is 0.367 e. The summed E-state index contributed by atoms with van der Waals surface area (Å²) in [7, 11) is 0. The summed E-state index contributed by atoms with van der Waals surface area (Å²) in [6.07, 6.45) is 0. The molecular weight excluding hydrogens is 104 g/mol. The Bertz CT molecular complexity index is 140. The molecule has 0 spiro atoms. The molecule has 1 rings (SSSR count). The predicted octanol–water partition coefficient (Wildman–Crippen LogP) is 0.331. The van der Waals surface area contributed by atoms with Gasteiger partial charge in [-0.15, -0.1) is 5.10 Å². The predicted molar refractivity (Wildman–Crippen MR) is 32.3 cm³/mol. The maximum atomic E-state index is 5.13. The van der Waals surface area contributed by atoms with Crippen LogP contribution in [0.3, 0.4) is 0 Å². The Morgan fingerprint density at radius 1 is 1.62 bits per heavy atom. The van der Waals surface area contributed by atoms with E-state index in [1.807, 2.05) is 0 Å². The summed E-state index contributed by atoms with van der Waals surface area (Å²) in [5.41, 5.74) is 5.13. The van der Waals surface area contributed by atoms with E-state index in [0.29, 0.717) is 5.95 Å². The number of aromatic nitrogens is 3. The minimum absolute atomic E-state index is 0. The third-order valence-corrected chi connectivity index (χ3v) is 0.615. The van der Waals surface area contributed by atoms with Gasteiger partial charge in [-0.05, 0) is 6.92 Å². The summed E-state index contributed by atoms with van der Waals surface area (Å²) in [6, 6.07) is 0. The van der Waals surface area contributed by atoms with Gasteiger partial charge in [0.1, 0.15) is 5.82 Å². The van der Waals surface area contributed by atoms with Crippen LogP contribution in [0.1, 0.15) is 13.3 Å². The molecule has 3 N–H and O–H groups in total. The molecule has 1 aromatic rings. The number of nitrogen functional groups attached to an aromatic ring is 1. The lowest BCUT2D eigenvalue weighted by molar-refractivity contribution is 1.04. The molecule has 0 saturated carbocycles. The molecule has 0 aliphatic carbocycles. The zero-order chi connectivity index (χ0) is 5.28. The van der Waals surface area contributed by atoms with E-state index in [1.165, 1.54) is 0 Å². The topological polar surface area (TPSA) is 67.6 Å². The molecule has 4 nitrogen and oxygen atoms in total. The first-order valence-electron chi connectivity index (χ1n) is 1.93. The highest BCUT2D eigenvalue weighted by Gasteiger charge is 1.86. The summed E-state index contributed by atoms with van der Waals surface area (Å²) in [5.74, 6) is 1.05. The number of H-pyrrole nitrogens is 1. The molecule has 0 radical (unpaired) electrons. The number of aryl methyl sites for hydroxylation is 1. The molecule has 46 valence electrons. The molecule has 0 saturated heterocycles. The van der Waals surface area contributed by atoms with Gasteiger partial charge in [0.05, 0.1) is 0 Å². The highest BCUT2D eigenvalue weighted by atomic mass is 15.2. The van der Waals surface area contributed by atoms with E-state index in [2.05, 4.69) is 15.2 Å². The van der Waals surface area contributed by atoms with Gasteiger partial charge in [-0.2, -0.15) is 4.98 Å². The van der Waals surface area contributed by atoms with Gasteiger partial charge in [-0.3, -0.25) is 5.10 Å². The van der Waals surface area contributed by atoms with Crippen LogP contribution in [-0.2, 0) is 0 Å². The van der Waals surface area contributed by atoms with Gasteiger partial charge in [0.25, 0.3) is 0 Å². The van der Waals surface area contributed by atoms with Crippen LogP contribution in [0.15, 0.2) is 0 Å². The molecule has 8 heavy (non-hydrogen) atoms. The fraction of sp³-hybridized carbons (Fsp3) is 0.500. The number of hydrogen-bond acceptors (Lipinski definition) is 3. The van der Waals surface area contributed by atoms with Gasteiger partial charge in [0.2, 0.25) is 5.95 Å². The third-order valence-electron chi connectivity index (χ3n) is 0.615. The van der Waals surface area contributed by atoms with E-state index >= 15 is 0 Å². The first-order valence-corrected chi connectivity index (χ1v) is 1.93. The Hall–Kier alpha value is -1.06. The molecular formula is C4H10N4. The first kappa shape index (κ1) is 6.94. The van der Waals surface area contributed by atoms with E-state index in [1.54, 1.807) is 6.92 Å². The molecule has 0 fully saturated rings. The summed E-state index contributed by atoms with van der Waals surface area (Å²) < 4.78 is 0. The van der Waals surface area contributed by atoms with Gasteiger partial charge in [-0.25, -0.2) is 0 Å². The molecule has 0 aromatic carbocycles. The zero-order valence-corrected chi connectivity index (χ0v) is 3.97. The average Bonchev–Trinajstić information content (AvgIpc) is 1.87. The van der Waals surface area contributed by atoms with Crippen molar-refractivity contribution in [1.82, 2.24) is 15.2 Å². The minimum atomic E-state index is 0. The molecule has 0 amide bonds. The molecule has 1 aromatic heterocycles. The fourth-order valence-electron chi connectivity index (χ4n) is 0.360. The highest BCUT2D eigenvalue weighted by molar-refractivity contribution is 5.11. The monoisotopic (exact) mass is 114 g/mol. The highest BCUT2D eigenvalue weighted by Crippen LogP contribution is 1.86. The van der Waals surface area contributed by atoms with Crippen molar-refractivity contribution < 1.29 is 0 Å². The number of anilines is 1. The summed E-state index contributed by atoms with van der Waals surface area (Å²) >= 11 is 0. The van der Waals surface area contributed by atoms with E-state index in [9.17, 15) is 0 Å². The van der Waals surface area contributed by atoms with E-state index in [4.69, 9.17) is 5.73 Å². The molecule has 4 heteroatoms. The number of rotatable bonds is 0. The van der Waals surface area contributed by atoms with Crippen LogP contribution >= 0.6 is 0 Å². The van der Waals surface area contributed by atoms with Crippen molar-refractivity contribution in [3.05, 3.63) is 5.82 Å². The van der Waals surface area contributed by atoms with Crippen LogP contribution in [0.2, 0.25) is 0 Å². The lowest BCUT2D eigenvalue weighted by Crippen LogP contribution is -1.84. The van der Waals surface area contributed by atoms with E-state index in [0.717, 1.165) is 5.82 Å². The normalized spacial score (nSPS) is 8.12. The van der Waals surface area contributed by atoms with Crippen molar-refractivity contribution in [2.45, 2.75) is 14.4 Å². The maximum absolute atomic E-state index is 5.13. The molecule has 0 unspecified atom stereocenters. The average molecular weight is 114 g/mol. The number of nitrogens with zero attached hydrogens (tertiary/aromatic N) is 2. The summed E-state index contributed by atoms with van der Waals surface area (Å²) in [6.45, 7) is 1.80. The van der Waals surface area contributed by atoms with E-state index in [-0.39, 0.29) is 7.43 Å². The molecule has 0 aliphatic rings. The quantitative estimate of drug-likeness (QED) is 0.510. The van der Waals surface area contributed by atoms with Crippen molar-refractivity contribution in [3.63, 3.8) is 0 Å². The van der Waals surface area contributed by atoms with Gasteiger partial charge in [0.15, 0.2) is 0 Å². The van der Waals surface area contributed by atoms with Gasteiger partial charge >= 0.3 is 0 Å². The second kappa shape index (κ2) is 2.30. The second-order valence-corrected chi connectivity index (χ2v) is 1.28. The van der Waals surface area contributed by atoms with Crippen molar-refractivity contribution in [3.8, 4) is 0 Å². The van der Waals surface area contributed by atoms with Gasteiger partial charge in [0, 0.05) is 0 Å². The van der Waals surface area contributed by atoms with Crippen molar-refractivity contribution >= 4 is 5.95 Å². The van der Waals surface area contributed by atoms with Gasteiger partial charge < -0.3 is 5.73 Å². The number of aromatic amines is 1. The first-order chi connectivity index (χ1) is 3.29. The Kier molecular flexibility index (Phi) is 1.99. The minimum Gasteiger partial charge on any atom is -0.367 e. The van der Waals surface area contributed by atoms with Crippen molar-refractivity contribution in [2.75, 3.05) is 5.73 Å². The van der Waals surface area contributed by atoms with Crippen LogP contribution in [0.4, 0.5) is 5.95 Å². The number of hydrogen-bond donors (Lipinski definition) is 2. The lowest BCUT2D eigenvalue weighted by atomic mass is 10.8. The lowest BCUT2D eigenvalue weighted by Gasteiger charge is -1.68. The molecule has 0 bridgehead atoms. The van der Waals surface area contributed by atoms with Crippen LogP contribution in [0.5, 0.6) is 0 Å². The Balaban J connectivity index is 0.000000490. The molecule has 0 aliphatic heterocycles. The second-order valence-electron chi connectivity index (χ2n) is 1.28. The van der Waals surface area contributed by atoms with Crippen molar-refractivity contribution in [1.29, 1.82) is 0 Å². The SMILES string of the molecule is C.Cc1nc(N)n[nH]1. The summed E-state index contributed by atoms with van der Waals surface area (Å²) in [4.78, 5) is 3.72. The molecule has 0 atom stereocenters.